The van der Waals surface area contributed by atoms with Gasteiger partial charge in [0.15, 0.2) is 0 Å². The van der Waals surface area contributed by atoms with Gasteiger partial charge in [0.25, 0.3) is 0 Å². The fraction of sp³-hybridized carbons (Fsp3) is 1.00. The van der Waals surface area contributed by atoms with Gasteiger partial charge in [-0.3, -0.25) is 0 Å². The van der Waals surface area contributed by atoms with Crippen molar-refractivity contribution in [3.63, 3.8) is 0 Å². The number of likely N-dealkylation sites (N-methyl/N-ethyl adjacent to an activating group) is 1. The van der Waals surface area contributed by atoms with Gasteiger partial charge in [-0.15, -0.1) is 0 Å². The van der Waals surface area contributed by atoms with Gasteiger partial charge in [0, 0.05) is 13.2 Å². The van der Waals surface area contributed by atoms with Crippen molar-refractivity contribution < 1.29 is 4.74 Å². The highest BCUT2D eigenvalue weighted by Gasteiger charge is 2.29. The van der Waals surface area contributed by atoms with Gasteiger partial charge in [-0.25, -0.2) is 0 Å². The molecule has 2 unspecified atom stereocenters. The third-order valence-corrected chi connectivity index (χ3v) is 3.88. The molecule has 1 aliphatic carbocycles. The lowest BCUT2D eigenvalue weighted by molar-refractivity contribution is 0.00508. The Balaban J connectivity index is 2.54. The summed E-state index contributed by atoms with van der Waals surface area (Å²) in [6.45, 7) is 4.58. The molecule has 1 fully saturated rings. The molecule has 16 heavy (non-hydrogen) atoms. The third-order valence-electron chi connectivity index (χ3n) is 3.88. The number of rotatable bonds is 6. The minimum Gasteiger partial charge on any atom is -0.380 e. The van der Waals surface area contributed by atoms with Crippen LogP contribution in [-0.2, 0) is 4.74 Å². The zero-order valence-corrected chi connectivity index (χ0v) is 11.5. The van der Waals surface area contributed by atoms with Gasteiger partial charge >= 0.3 is 0 Å². The summed E-state index contributed by atoms with van der Waals surface area (Å²) < 4.78 is 5.78. The van der Waals surface area contributed by atoms with Crippen LogP contribution in [0.5, 0.6) is 0 Å². The SMILES string of the molecule is CNC(CC(C)C)C(OC)C1CCCCC1. The molecule has 1 aliphatic rings. The minimum absolute atomic E-state index is 0.410. The maximum atomic E-state index is 5.78. The van der Waals surface area contributed by atoms with Crippen molar-refractivity contribution in [2.45, 2.75) is 64.5 Å². The minimum atomic E-state index is 0.410. The zero-order valence-electron chi connectivity index (χ0n) is 11.5. The Morgan fingerprint density at radius 3 is 2.25 bits per heavy atom. The zero-order chi connectivity index (χ0) is 12.0. The molecule has 0 saturated heterocycles. The first-order chi connectivity index (χ1) is 7.69. The second-order valence-corrected chi connectivity index (χ2v) is 5.62. The van der Waals surface area contributed by atoms with E-state index in [9.17, 15) is 0 Å². The van der Waals surface area contributed by atoms with Gasteiger partial charge in [-0.05, 0) is 38.1 Å². The molecule has 0 bridgehead atoms. The van der Waals surface area contributed by atoms with E-state index in [0.29, 0.717) is 12.1 Å². The van der Waals surface area contributed by atoms with E-state index in [1.165, 1.54) is 38.5 Å². The van der Waals surface area contributed by atoms with Crippen molar-refractivity contribution in [3.8, 4) is 0 Å². The van der Waals surface area contributed by atoms with Crippen LogP contribution < -0.4 is 5.32 Å². The van der Waals surface area contributed by atoms with E-state index >= 15 is 0 Å². The Bertz CT molecular complexity index is 176. The van der Waals surface area contributed by atoms with E-state index in [-0.39, 0.29) is 0 Å². The second kappa shape index (κ2) is 7.29. The first-order valence-corrected chi connectivity index (χ1v) is 6.89. The molecule has 0 heterocycles. The molecule has 0 aliphatic heterocycles. The molecular weight excluding hydrogens is 198 g/mol. The van der Waals surface area contributed by atoms with Crippen molar-refractivity contribution in [2.24, 2.45) is 11.8 Å². The standard InChI is InChI=1S/C14H29NO/c1-11(2)10-13(15-3)14(16-4)12-8-6-5-7-9-12/h11-15H,5-10H2,1-4H3. The normalized spacial score (nSPS) is 22.3. The average molecular weight is 227 g/mol. The maximum Gasteiger partial charge on any atom is 0.0752 e. The van der Waals surface area contributed by atoms with Crippen LogP contribution in [0.2, 0.25) is 0 Å². The highest BCUT2D eigenvalue weighted by molar-refractivity contribution is 4.84. The number of hydrogen-bond donors (Lipinski definition) is 1. The molecule has 96 valence electrons. The van der Waals surface area contributed by atoms with Crippen molar-refractivity contribution in [3.05, 3.63) is 0 Å². The monoisotopic (exact) mass is 227 g/mol. The van der Waals surface area contributed by atoms with Gasteiger partial charge in [0.05, 0.1) is 6.10 Å². The first kappa shape index (κ1) is 14.0. The molecule has 0 aromatic carbocycles. The van der Waals surface area contributed by atoms with Crippen LogP contribution in [0.3, 0.4) is 0 Å². The predicted octanol–water partition coefficient (Wildman–Crippen LogP) is 3.22. The lowest BCUT2D eigenvalue weighted by Gasteiger charge is -2.35. The summed E-state index contributed by atoms with van der Waals surface area (Å²) >= 11 is 0. The number of ether oxygens (including phenoxy) is 1. The third kappa shape index (κ3) is 4.06. The molecule has 0 spiro atoms. The summed E-state index contributed by atoms with van der Waals surface area (Å²) in [7, 11) is 3.95. The summed E-state index contributed by atoms with van der Waals surface area (Å²) in [6, 6.07) is 0.521. The highest BCUT2D eigenvalue weighted by atomic mass is 16.5. The molecule has 0 aromatic rings. The molecule has 2 nitrogen and oxygen atoms in total. The average Bonchev–Trinajstić information content (AvgIpc) is 2.29. The smallest absolute Gasteiger partial charge is 0.0752 e. The van der Waals surface area contributed by atoms with E-state index in [1.807, 2.05) is 7.11 Å². The summed E-state index contributed by atoms with van der Waals surface area (Å²) in [6.07, 6.45) is 8.54. The molecule has 2 heteroatoms. The van der Waals surface area contributed by atoms with Crippen LogP contribution in [0.4, 0.5) is 0 Å². The fourth-order valence-electron chi connectivity index (χ4n) is 3.07. The summed E-state index contributed by atoms with van der Waals surface area (Å²) in [5.74, 6) is 1.51. The van der Waals surface area contributed by atoms with E-state index in [0.717, 1.165) is 11.8 Å². The largest absolute Gasteiger partial charge is 0.380 e. The van der Waals surface area contributed by atoms with E-state index in [2.05, 4.69) is 26.2 Å². The molecule has 1 saturated carbocycles. The lowest BCUT2D eigenvalue weighted by Crippen LogP contribution is -2.44. The van der Waals surface area contributed by atoms with Crippen molar-refractivity contribution in [1.82, 2.24) is 5.32 Å². The topological polar surface area (TPSA) is 21.3 Å². The Morgan fingerprint density at radius 1 is 1.19 bits per heavy atom. The van der Waals surface area contributed by atoms with Crippen LogP contribution in [0.1, 0.15) is 52.4 Å². The molecule has 0 aromatic heterocycles. The van der Waals surface area contributed by atoms with Gasteiger partial charge in [-0.2, -0.15) is 0 Å². The lowest BCUT2D eigenvalue weighted by atomic mass is 9.81. The second-order valence-electron chi connectivity index (χ2n) is 5.62. The number of hydrogen-bond acceptors (Lipinski definition) is 2. The summed E-state index contributed by atoms with van der Waals surface area (Å²) in [4.78, 5) is 0. The van der Waals surface area contributed by atoms with E-state index < -0.39 is 0 Å². The van der Waals surface area contributed by atoms with Gasteiger partial charge in [0.2, 0.25) is 0 Å². The van der Waals surface area contributed by atoms with Gasteiger partial charge in [0.1, 0.15) is 0 Å². The Hall–Kier alpha value is -0.0800. The molecule has 0 amide bonds. The summed E-state index contributed by atoms with van der Waals surface area (Å²) in [5.41, 5.74) is 0. The number of nitrogens with one attached hydrogen (secondary N) is 1. The van der Waals surface area contributed by atoms with E-state index in [1.54, 1.807) is 0 Å². The Labute approximate surface area is 101 Å². The molecule has 1 N–H and O–H groups in total. The fourth-order valence-corrected chi connectivity index (χ4v) is 3.07. The quantitative estimate of drug-likeness (QED) is 0.752. The van der Waals surface area contributed by atoms with Crippen LogP contribution >= 0.6 is 0 Å². The van der Waals surface area contributed by atoms with E-state index in [4.69, 9.17) is 4.74 Å². The van der Waals surface area contributed by atoms with Crippen molar-refractivity contribution in [2.75, 3.05) is 14.2 Å². The molecule has 2 atom stereocenters. The van der Waals surface area contributed by atoms with Crippen LogP contribution in [0.15, 0.2) is 0 Å². The Morgan fingerprint density at radius 2 is 1.81 bits per heavy atom. The van der Waals surface area contributed by atoms with Gasteiger partial charge in [-0.1, -0.05) is 33.1 Å². The highest BCUT2D eigenvalue weighted by Crippen LogP contribution is 2.30. The predicted molar refractivity (Wildman–Crippen MR) is 69.7 cm³/mol. The van der Waals surface area contributed by atoms with Crippen molar-refractivity contribution in [1.29, 1.82) is 0 Å². The van der Waals surface area contributed by atoms with Gasteiger partial charge < -0.3 is 10.1 Å². The molecule has 0 radical (unpaired) electrons. The number of methoxy groups -OCH3 is 1. The molecule has 1 rings (SSSR count). The Kier molecular flexibility index (Phi) is 6.37. The summed E-state index contributed by atoms with van der Waals surface area (Å²) in [5, 5.41) is 3.46. The first-order valence-electron chi connectivity index (χ1n) is 6.89. The van der Waals surface area contributed by atoms with Crippen LogP contribution in [0.25, 0.3) is 0 Å². The van der Waals surface area contributed by atoms with Crippen molar-refractivity contribution >= 4 is 0 Å². The maximum absolute atomic E-state index is 5.78. The molecular formula is C14H29NO. The van der Waals surface area contributed by atoms with Crippen LogP contribution in [-0.4, -0.2) is 26.3 Å². The van der Waals surface area contributed by atoms with Crippen LogP contribution in [0, 0.1) is 11.8 Å².